The highest BCUT2D eigenvalue weighted by Gasteiger charge is 2.13. The third kappa shape index (κ3) is 2.22. The Labute approximate surface area is 105 Å². The minimum absolute atomic E-state index is 0.177. The lowest BCUT2D eigenvalue weighted by Gasteiger charge is -2.04. The van der Waals surface area contributed by atoms with Gasteiger partial charge in [-0.15, -0.1) is 10.2 Å². The van der Waals surface area contributed by atoms with Gasteiger partial charge in [0.1, 0.15) is 0 Å². The molecule has 0 N–H and O–H groups in total. The summed E-state index contributed by atoms with van der Waals surface area (Å²) in [5.74, 6) is -0.177. The molecule has 0 spiro atoms. The number of nitrogens with zero attached hydrogens (tertiary/aromatic N) is 5. The lowest BCUT2D eigenvalue weighted by molar-refractivity contribution is 0.103. The normalized spacial score (nSPS) is 11.3. The first-order valence-electron chi connectivity index (χ1n) is 5.57. The van der Waals surface area contributed by atoms with Crippen molar-refractivity contribution in [1.29, 1.82) is 0 Å². The van der Waals surface area contributed by atoms with E-state index in [1.807, 2.05) is 34.0 Å². The average Bonchev–Trinajstić information content (AvgIpc) is 2.68. The molecule has 0 aliphatic heterocycles. The highest BCUT2D eigenvalue weighted by atomic mass is 16.1. The van der Waals surface area contributed by atoms with E-state index in [0.717, 1.165) is 5.69 Å². The second-order valence-corrected chi connectivity index (χ2v) is 4.33. The van der Waals surface area contributed by atoms with Crippen molar-refractivity contribution >= 4 is 11.4 Å². The molecule has 0 atom stereocenters. The van der Waals surface area contributed by atoms with Crippen LogP contribution in [0.3, 0.4) is 0 Å². The SMILES string of the molecule is Cc1cc2nnc(C(=O)/C=C/N(C)C)c(C)n2n1. The lowest BCUT2D eigenvalue weighted by atomic mass is 10.2. The first-order valence-corrected chi connectivity index (χ1v) is 5.57. The van der Waals surface area contributed by atoms with E-state index < -0.39 is 0 Å². The molecule has 6 nitrogen and oxygen atoms in total. The van der Waals surface area contributed by atoms with Crippen LogP contribution < -0.4 is 0 Å². The Morgan fingerprint density at radius 1 is 1.33 bits per heavy atom. The minimum Gasteiger partial charge on any atom is -0.383 e. The molecule has 0 aromatic carbocycles. The molecule has 18 heavy (non-hydrogen) atoms. The van der Waals surface area contributed by atoms with Crippen LogP contribution in [0, 0.1) is 13.8 Å². The Kier molecular flexibility index (Phi) is 3.10. The van der Waals surface area contributed by atoms with Gasteiger partial charge in [-0.3, -0.25) is 4.79 Å². The molecule has 94 valence electrons. The second-order valence-electron chi connectivity index (χ2n) is 4.33. The molecule has 0 bridgehead atoms. The van der Waals surface area contributed by atoms with Gasteiger partial charge in [0.2, 0.25) is 5.78 Å². The number of carbonyl (C=O) groups excluding carboxylic acids is 1. The van der Waals surface area contributed by atoms with E-state index in [1.54, 1.807) is 15.6 Å². The van der Waals surface area contributed by atoms with Gasteiger partial charge < -0.3 is 4.90 Å². The number of rotatable bonds is 3. The van der Waals surface area contributed by atoms with Crippen molar-refractivity contribution in [3.8, 4) is 0 Å². The standard InChI is InChI=1S/C12H15N5O/c1-8-7-11-13-14-12(9(2)17(11)15-8)10(18)5-6-16(3)4/h5-7H,1-4H3/b6-5+. The van der Waals surface area contributed by atoms with Crippen LogP contribution in [0.5, 0.6) is 0 Å². The van der Waals surface area contributed by atoms with Crippen LogP contribution in [0.1, 0.15) is 21.9 Å². The van der Waals surface area contributed by atoms with Crippen molar-refractivity contribution in [2.75, 3.05) is 14.1 Å². The third-order valence-electron chi connectivity index (χ3n) is 2.48. The van der Waals surface area contributed by atoms with Crippen LogP contribution in [-0.2, 0) is 0 Å². The van der Waals surface area contributed by atoms with E-state index >= 15 is 0 Å². The summed E-state index contributed by atoms with van der Waals surface area (Å²) in [7, 11) is 3.70. The highest BCUT2D eigenvalue weighted by Crippen LogP contribution is 2.09. The van der Waals surface area contributed by atoms with Crippen LogP contribution >= 0.6 is 0 Å². The summed E-state index contributed by atoms with van der Waals surface area (Å²) >= 11 is 0. The Morgan fingerprint density at radius 3 is 2.72 bits per heavy atom. The molecule has 0 radical (unpaired) electrons. The van der Waals surface area contributed by atoms with Crippen molar-refractivity contribution in [2.45, 2.75) is 13.8 Å². The lowest BCUT2D eigenvalue weighted by Crippen LogP contribution is -2.11. The van der Waals surface area contributed by atoms with Gasteiger partial charge in [0.25, 0.3) is 0 Å². The molecule has 2 aromatic heterocycles. The largest absolute Gasteiger partial charge is 0.383 e. The molecular formula is C12H15N5O. The Hall–Kier alpha value is -2.24. The molecule has 0 saturated heterocycles. The molecule has 0 aliphatic carbocycles. The summed E-state index contributed by atoms with van der Waals surface area (Å²) in [5.41, 5.74) is 2.52. The van der Waals surface area contributed by atoms with Gasteiger partial charge in [-0.2, -0.15) is 5.10 Å². The molecule has 2 aromatic rings. The van der Waals surface area contributed by atoms with Gasteiger partial charge in [-0.25, -0.2) is 4.52 Å². The fourth-order valence-corrected chi connectivity index (χ4v) is 1.60. The Morgan fingerprint density at radius 2 is 2.06 bits per heavy atom. The van der Waals surface area contributed by atoms with E-state index in [-0.39, 0.29) is 5.78 Å². The van der Waals surface area contributed by atoms with E-state index in [1.165, 1.54) is 6.08 Å². The van der Waals surface area contributed by atoms with Crippen molar-refractivity contribution < 1.29 is 4.79 Å². The van der Waals surface area contributed by atoms with Crippen LogP contribution in [-0.4, -0.2) is 44.6 Å². The molecule has 0 aliphatic rings. The number of carbonyl (C=O) groups is 1. The molecule has 0 fully saturated rings. The quantitative estimate of drug-likeness (QED) is 0.596. The first-order chi connectivity index (χ1) is 8.49. The third-order valence-corrected chi connectivity index (χ3v) is 2.48. The van der Waals surface area contributed by atoms with Crippen molar-refractivity contribution in [2.24, 2.45) is 0 Å². The van der Waals surface area contributed by atoms with Gasteiger partial charge in [0.05, 0.1) is 11.4 Å². The first kappa shape index (κ1) is 12.2. The zero-order chi connectivity index (χ0) is 13.3. The molecule has 6 heteroatoms. The summed E-state index contributed by atoms with van der Waals surface area (Å²) in [6.45, 7) is 3.69. The fraction of sp³-hybridized carbons (Fsp3) is 0.333. The van der Waals surface area contributed by atoms with Crippen molar-refractivity contribution in [1.82, 2.24) is 24.7 Å². The summed E-state index contributed by atoms with van der Waals surface area (Å²) in [4.78, 5) is 13.8. The maximum Gasteiger partial charge on any atom is 0.209 e. The maximum atomic E-state index is 12.0. The zero-order valence-electron chi connectivity index (χ0n) is 10.9. The number of hydrogen-bond donors (Lipinski definition) is 0. The summed E-state index contributed by atoms with van der Waals surface area (Å²) in [6.07, 6.45) is 3.15. The van der Waals surface area contributed by atoms with Crippen molar-refractivity contribution in [3.05, 3.63) is 35.4 Å². The van der Waals surface area contributed by atoms with Crippen LogP contribution in [0.15, 0.2) is 18.3 Å². The number of fused-ring (bicyclic) bond motifs is 1. The van der Waals surface area contributed by atoms with E-state index in [9.17, 15) is 4.79 Å². The van der Waals surface area contributed by atoms with E-state index in [0.29, 0.717) is 17.0 Å². The zero-order valence-corrected chi connectivity index (χ0v) is 10.9. The molecular weight excluding hydrogens is 230 g/mol. The summed E-state index contributed by atoms with van der Waals surface area (Å²) in [6, 6.07) is 1.82. The predicted octanol–water partition coefficient (Wildman–Crippen LogP) is 0.999. The Balaban J connectivity index is 2.45. The summed E-state index contributed by atoms with van der Waals surface area (Å²) in [5, 5.41) is 12.2. The Bertz CT molecular complexity index is 627. The molecule has 2 rings (SSSR count). The topological polar surface area (TPSA) is 63.4 Å². The van der Waals surface area contributed by atoms with E-state index in [4.69, 9.17) is 0 Å². The smallest absolute Gasteiger partial charge is 0.209 e. The molecule has 0 saturated carbocycles. The number of ketones is 1. The molecule has 2 heterocycles. The van der Waals surface area contributed by atoms with Gasteiger partial charge >= 0.3 is 0 Å². The minimum atomic E-state index is -0.177. The van der Waals surface area contributed by atoms with Crippen molar-refractivity contribution in [3.63, 3.8) is 0 Å². The highest BCUT2D eigenvalue weighted by molar-refractivity contribution is 6.03. The van der Waals surface area contributed by atoms with Crippen LogP contribution in [0.25, 0.3) is 5.65 Å². The number of aryl methyl sites for hydroxylation is 2. The van der Waals surface area contributed by atoms with Gasteiger partial charge in [-0.1, -0.05) is 0 Å². The molecule has 0 unspecified atom stereocenters. The predicted molar refractivity (Wildman–Crippen MR) is 67.4 cm³/mol. The maximum absolute atomic E-state index is 12.0. The summed E-state index contributed by atoms with van der Waals surface area (Å²) < 4.78 is 1.64. The second kappa shape index (κ2) is 4.56. The molecule has 0 amide bonds. The van der Waals surface area contributed by atoms with Gasteiger partial charge in [-0.05, 0) is 13.8 Å². The fourth-order valence-electron chi connectivity index (χ4n) is 1.60. The number of allylic oxidation sites excluding steroid dienone is 1. The van der Waals surface area contributed by atoms with Crippen LogP contribution in [0.2, 0.25) is 0 Å². The number of hydrogen-bond acceptors (Lipinski definition) is 5. The monoisotopic (exact) mass is 245 g/mol. The van der Waals surface area contributed by atoms with Crippen LogP contribution in [0.4, 0.5) is 0 Å². The average molecular weight is 245 g/mol. The van der Waals surface area contributed by atoms with Gasteiger partial charge in [0, 0.05) is 32.4 Å². The van der Waals surface area contributed by atoms with E-state index in [2.05, 4.69) is 15.3 Å². The van der Waals surface area contributed by atoms with Gasteiger partial charge in [0.15, 0.2) is 11.3 Å². The number of aromatic nitrogens is 4.